The average Bonchev–Trinajstić information content (AvgIpc) is 2.61. The molecule has 5 heteroatoms. The highest BCUT2D eigenvalue weighted by Crippen LogP contribution is 2.17. The van der Waals surface area contributed by atoms with Gasteiger partial charge in [0.1, 0.15) is 0 Å². The van der Waals surface area contributed by atoms with Gasteiger partial charge in [0.05, 0.1) is 11.3 Å². The molecule has 2 heterocycles. The van der Waals surface area contributed by atoms with Crippen LogP contribution in [-0.4, -0.2) is 52.4 Å². The SMILES string of the molecule is CC(C)(C)Nc1cncc(C(=O)N2CCN(Cc3ccccc3)CC2)c1. The van der Waals surface area contributed by atoms with Crippen molar-refractivity contribution in [3.63, 3.8) is 0 Å². The Hall–Kier alpha value is -2.40. The van der Waals surface area contributed by atoms with Crippen LogP contribution in [0.3, 0.4) is 0 Å². The van der Waals surface area contributed by atoms with Crippen molar-refractivity contribution in [1.82, 2.24) is 14.8 Å². The molecular weight excluding hydrogens is 324 g/mol. The highest BCUT2D eigenvalue weighted by atomic mass is 16.2. The summed E-state index contributed by atoms with van der Waals surface area (Å²) in [4.78, 5) is 21.4. The van der Waals surface area contributed by atoms with Gasteiger partial charge in [-0.15, -0.1) is 0 Å². The number of hydrogen-bond donors (Lipinski definition) is 1. The van der Waals surface area contributed by atoms with E-state index in [4.69, 9.17) is 0 Å². The molecule has 0 aliphatic carbocycles. The molecule has 0 atom stereocenters. The fourth-order valence-electron chi connectivity index (χ4n) is 3.19. The molecule has 2 aromatic rings. The summed E-state index contributed by atoms with van der Waals surface area (Å²) in [7, 11) is 0. The topological polar surface area (TPSA) is 48.5 Å². The number of rotatable bonds is 4. The van der Waals surface area contributed by atoms with Crippen LogP contribution in [0.5, 0.6) is 0 Å². The molecule has 1 aliphatic heterocycles. The Morgan fingerprint density at radius 2 is 1.77 bits per heavy atom. The molecule has 0 saturated carbocycles. The van der Waals surface area contributed by atoms with E-state index < -0.39 is 0 Å². The van der Waals surface area contributed by atoms with E-state index in [0.717, 1.165) is 38.4 Å². The van der Waals surface area contributed by atoms with Gasteiger partial charge in [0.2, 0.25) is 0 Å². The predicted molar refractivity (Wildman–Crippen MR) is 105 cm³/mol. The molecular formula is C21H28N4O. The minimum Gasteiger partial charge on any atom is -0.379 e. The second kappa shape index (κ2) is 7.87. The molecule has 26 heavy (non-hydrogen) atoms. The first-order chi connectivity index (χ1) is 12.4. The summed E-state index contributed by atoms with van der Waals surface area (Å²) in [5, 5.41) is 3.37. The van der Waals surface area contributed by atoms with E-state index in [-0.39, 0.29) is 11.4 Å². The van der Waals surface area contributed by atoms with Crippen LogP contribution in [0.1, 0.15) is 36.7 Å². The lowest BCUT2D eigenvalue weighted by Crippen LogP contribution is -2.48. The van der Waals surface area contributed by atoms with Crippen molar-refractivity contribution in [3.05, 3.63) is 59.9 Å². The maximum absolute atomic E-state index is 12.8. The van der Waals surface area contributed by atoms with E-state index in [0.29, 0.717) is 5.56 Å². The highest BCUT2D eigenvalue weighted by molar-refractivity contribution is 5.94. The van der Waals surface area contributed by atoms with E-state index in [1.807, 2.05) is 17.0 Å². The van der Waals surface area contributed by atoms with Crippen LogP contribution in [0, 0.1) is 0 Å². The number of carbonyl (C=O) groups excluding carboxylic acids is 1. The number of aromatic nitrogens is 1. The average molecular weight is 352 g/mol. The molecule has 0 unspecified atom stereocenters. The molecule has 0 radical (unpaired) electrons. The zero-order chi connectivity index (χ0) is 18.6. The molecule has 0 spiro atoms. The number of hydrogen-bond acceptors (Lipinski definition) is 4. The summed E-state index contributed by atoms with van der Waals surface area (Å²) in [6.45, 7) is 10.5. The molecule has 1 fully saturated rings. The number of piperazine rings is 1. The standard InChI is InChI=1S/C21H28N4O/c1-21(2,3)23-19-13-18(14-22-15-19)20(26)25-11-9-24(10-12-25)16-17-7-5-4-6-8-17/h4-8,13-15,23H,9-12,16H2,1-3H3. The van der Waals surface area contributed by atoms with Crippen LogP contribution in [0.25, 0.3) is 0 Å². The largest absolute Gasteiger partial charge is 0.379 e. The molecule has 3 rings (SSSR count). The third-order valence-electron chi connectivity index (χ3n) is 4.41. The maximum atomic E-state index is 12.8. The zero-order valence-electron chi connectivity index (χ0n) is 15.9. The van der Waals surface area contributed by atoms with Gasteiger partial charge in [-0.25, -0.2) is 0 Å². The summed E-state index contributed by atoms with van der Waals surface area (Å²) in [6, 6.07) is 12.4. The fourth-order valence-corrected chi connectivity index (χ4v) is 3.19. The minimum atomic E-state index is -0.0631. The first kappa shape index (κ1) is 18.4. The second-order valence-corrected chi connectivity index (χ2v) is 7.89. The Morgan fingerprint density at radius 1 is 1.08 bits per heavy atom. The lowest BCUT2D eigenvalue weighted by Gasteiger charge is -2.34. The first-order valence-electron chi connectivity index (χ1n) is 9.19. The molecule has 1 aliphatic rings. The smallest absolute Gasteiger partial charge is 0.255 e. The van der Waals surface area contributed by atoms with Gasteiger partial charge in [0, 0.05) is 50.7 Å². The van der Waals surface area contributed by atoms with Crippen molar-refractivity contribution in [3.8, 4) is 0 Å². The number of pyridine rings is 1. The van der Waals surface area contributed by atoms with E-state index in [9.17, 15) is 4.79 Å². The molecule has 1 saturated heterocycles. The summed E-state index contributed by atoms with van der Waals surface area (Å²) in [5.74, 6) is 0.0643. The van der Waals surface area contributed by atoms with Crippen LogP contribution in [0.4, 0.5) is 5.69 Å². The maximum Gasteiger partial charge on any atom is 0.255 e. The summed E-state index contributed by atoms with van der Waals surface area (Å²) >= 11 is 0. The van der Waals surface area contributed by atoms with E-state index >= 15 is 0 Å². The molecule has 1 amide bonds. The van der Waals surface area contributed by atoms with E-state index in [1.54, 1.807) is 12.4 Å². The lowest BCUT2D eigenvalue weighted by atomic mass is 10.1. The van der Waals surface area contributed by atoms with Crippen molar-refractivity contribution in [2.75, 3.05) is 31.5 Å². The van der Waals surface area contributed by atoms with E-state index in [1.165, 1.54) is 5.56 Å². The number of nitrogens with zero attached hydrogens (tertiary/aromatic N) is 3. The van der Waals surface area contributed by atoms with E-state index in [2.05, 4.69) is 60.2 Å². The number of carbonyl (C=O) groups is 1. The number of anilines is 1. The van der Waals surface area contributed by atoms with Crippen molar-refractivity contribution in [2.24, 2.45) is 0 Å². The van der Waals surface area contributed by atoms with Gasteiger partial charge in [-0.05, 0) is 32.4 Å². The first-order valence-corrected chi connectivity index (χ1v) is 9.19. The van der Waals surface area contributed by atoms with Gasteiger partial charge >= 0.3 is 0 Å². The molecule has 0 bridgehead atoms. The van der Waals surface area contributed by atoms with Crippen LogP contribution in [0.15, 0.2) is 48.8 Å². The quantitative estimate of drug-likeness (QED) is 0.918. The van der Waals surface area contributed by atoms with Gasteiger partial charge in [-0.1, -0.05) is 30.3 Å². The number of benzene rings is 1. The van der Waals surface area contributed by atoms with Gasteiger partial charge < -0.3 is 10.2 Å². The van der Waals surface area contributed by atoms with Crippen molar-refractivity contribution < 1.29 is 4.79 Å². The Labute approximate surface area is 156 Å². The fraction of sp³-hybridized carbons (Fsp3) is 0.429. The normalized spacial score (nSPS) is 15.7. The van der Waals surface area contributed by atoms with Crippen LogP contribution in [-0.2, 0) is 6.54 Å². The Morgan fingerprint density at radius 3 is 2.42 bits per heavy atom. The predicted octanol–water partition coefficient (Wildman–Crippen LogP) is 3.25. The molecule has 1 N–H and O–H groups in total. The third-order valence-corrected chi connectivity index (χ3v) is 4.41. The Balaban J connectivity index is 1.57. The third kappa shape index (κ3) is 5.05. The van der Waals surface area contributed by atoms with Gasteiger partial charge in [-0.3, -0.25) is 14.7 Å². The molecule has 1 aromatic carbocycles. The zero-order valence-corrected chi connectivity index (χ0v) is 15.9. The Bertz CT molecular complexity index is 731. The molecule has 138 valence electrons. The second-order valence-electron chi connectivity index (χ2n) is 7.89. The summed E-state index contributed by atoms with van der Waals surface area (Å²) < 4.78 is 0. The van der Waals surface area contributed by atoms with Crippen LogP contribution in [0.2, 0.25) is 0 Å². The summed E-state index contributed by atoms with van der Waals surface area (Å²) in [6.07, 6.45) is 3.42. The molecule has 5 nitrogen and oxygen atoms in total. The van der Waals surface area contributed by atoms with Crippen molar-refractivity contribution in [1.29, 1.82) is 0 Å². The van der Waals surface area contributed by atoms with Crippen LogP contribution < -0.4 is 5.32 Å². The summed E-state index contributed by atoms with van der Waals surface area (Å²) in [5.41, 5.74) is 2.78. The van der Waals surface area contributed by atoms with Gasteiger partial charge in [-0.2, -0.15) is 0 Å². The number of amides is 1. The molecule has 1 aromatic heterocycles. The van der Waals surface area contributed by atoms with Crippen molar-refractivity contribution in [2.45, 2.75) is 32.9 Å². The monoisotopic (exact) mass is 352 g/mol. The lowest BCUT2D eigenvalue weighted by molar-refractivity contribution is 0.0628. The van der Waals surface area contributed by atoms with Gasteiger partial charge in [0.15, 0.2) is 0 Å². The minimum absolute atomic E-state index is 0.0631. The van der Waals surface area contributed by atoms with Gasteiger partial charge in [0.25, 0.3) is 5.91 Å². The highest BCUT2D eigenvalue weighted by Gasteiger charge is 2.23. The number of nitrogens with one attached hydrogen (secondary N) is 1. The van der Waals surface area contributed by atoms with Crippen molar-refractivity contribution >= 4 is 11.6 Å². The van der Waals surface area contributed by atoms with Crippen LogP contribution >= 0.6 is 0 Å². The Kier molecular flexibility index (Phi) is 5.57.